The highest BCUT2D eigenvalue weighted by Crippen LogP contribution is 2.17. The Labute approximate surface area is 176 Å². The van der Waals surface area contributed by atoms with Crippen LogP contribution in [-0.2, 0) is 19.4 Å². The largest absolute Gasteiger partial charge is 0.354 e. The van der Waals surface area contributed by atoms with Gasteiger partial charge in [-0.15, -0.1) is 15.3 Å². The maximum Gasteiger partial charge on any atom is 0.273 e. The Balaban J connectivity index is 1.46. The zero-order valence-electron chi connectivity index (χ0n) is 16.7. The number of alkyl halides is 1. The van der Waals surface area contributed by atoms with E-state index in [9.17, 15) is 14.0 Å². The smallest absolute Gasteiger partial charge is 0.273 e. The molecule has 0 saturated heterocycles. The van der Waals surface area contributed by atoms with Crippen molar-refractivity contribution < 1.29 is 14.0 Å². The first-order valence-corrected chi connectivity index (χ1v) is 10.3. The number of Topliss-reactive ketones (excluding diaryl/α,β-unsaturated/α-hetero) is 1. The van der Waals surface area contributed by atoms with Crippen molar-refractivity contribution in [2.24, 2.45) is 0 Å². The Hall–Kier alpha value is -3.08. The molecule has 1 amide bonds. The first-order valence-electron chi connectivity index (χ1n) is 9.48. The SMILES string of the molecule is CNC(=O)c1cn(CC(F)CCc2nnc(C(=O)CCc3cc(C)ccn3)s2)nn1. The fraction of sp³-hybridized carbons (Fsp3) is 0.421. The molecule has 11 heteroatoms. The number of aryl methyl sites for hydroxylation is 3. The topological polar surface area (TPSA) is 116 Å². The number of carbonyl (C=O) groups is 2. The van der Waals surface area contributed by atoms with Crippen LogP contribution in [0.3, 0.4) is 0 Å². The summed E-state index contributed by atoms with van der Waals surface area (Å²) in [4.78, 5) is 28.0. The summed E-state index contributed by atoms with van der Waals surface area (Å²) in [5, 5.41) is 18.8. The standard InChI is InChI=1S/C19H22FN7O2S/c1-12-7-8-22-14(9-12)4-5-16(28)19-25-24-17(30-19)6-3-13(20)10-27-11-15(23-26-27)18(29)21-2/h7-9,11,13H,3-6,10H2,1-2H3,(H,21,29). The molecule has 1 unspecified atom stereocenters. The lowest BCUT2D eigenvalue weighted by atomic mass is 10.1. The molecule has 0 radical (unpaired) electrons. The highest BCUT2D eigenvalue weighted by atomic mass is 32.1. The number of hydrogen-bond acceptors (Lipinski definition) is 8. The van der Waals surface area contributed by atoms with Gasteiger partial charge in [0, 0.05) is 31.8 Å². The van der Waals surface area contributed by atoms with Crippen molar-refractivity contribution in [2.75, 3.05) is 7.05 Å². The van der Waals surface area contributed by atoms with Crippen molar-refractivity contribution in [2.45, 2.75) is 45.3 Å². The number of nitrogens with zero attached hydrogens (tertiary/aromatic N) is 6. The summed E-state index contributed by atoms with van der Waals surface area (Å²) in [5.74, 6) is -0.468. The molecule has 0 bridgehead atoms. The van der Waals surface area contributed by atoms with E-state index in [1.807, 2.05) is 19.1 Å². The molecular formula is C19H22FN7O2S. The van der Waals surface area contributed by atoms with Gasteiger partial charge in [0.15, 0.2) is 16.5 Å². The number of pyridine rings is 1. The molecule has 0 aliphatic rings. The quantitative estimate of drug-likeness (QED) is 0.488. The molecule has 3 aromatic heterocycles. The van der Waals surface area contributed by atoms with Crippen LogP contribution in [0.5, 0.6) is 0 Å². The minimum absolute atomic E-state index is 0.0158. The maximum atomic E-state index is 14.3. The minimum Gasteiger partial charge on any atom is -0.354 e. The lowest BCUT2D eigenvalue weighted by Crippen LogP contribution is -2.18. The van der Waals surface area contributed by atoms with Crippen molar-refractivity contribution in [3.8, 4) is 0 Å². The van der Waals surface area contributed by atoms with Gasteiger partial charge in [-0.05, 0) is 37.5 Å². The molecule has 30 heavy (non-hydrogen) atoms. The van der Waals surface area contributed by atoms with Gasteiger partial charge < -0.3 is 5.32 Å². The third-order valence-corrected chi connectivity index (χ3v) is 5.36. The van der Waals surface area contributed by atoms with E-state index in [1.54, 1.807) is 6.20 Å². The Morgan fingerprint density at radius 3 is 2.87 bits per heavy atom. The van der Waals surface area contributed by atoms with E-state index < -0.39 is 6.17 Å². The third-order valence-electron chi connectivity index (χ3n) is 4.34. The van der Waals surface area contributed by atoms with Gasteiger partial charge in [0.1, 0.15) is 11.2 Å². The first-order chi connectivity index (χ1) is 14.4. The van der Waals surface area contributed by atoms with Gasteiger partial charge in [0.2, 0.25) is 0 Å². The van der Waals surface area contributed by atoms with E-state index in [2.05, 4.69) is 30.8 Å². The zero-order valence-corrected chi connectivity index (χ0v) is 17.5. The first kappa shape index (κ1) is 21.6. The Bertz CT molecular complexity index is 1020. The van der Waals surface area contributed by atoms with E-state index in [0.29, 0.717) is 29.3 Å². The average Bonchev–Trinajstić information content (AvgIpc) is 3.40. The minimum atomic E-state index is -1.19. The summed E-state index contributed by atoms with van der Waals surface area (Å²) in [6.07, 6.45) is 3.34. The number of rotatable bonds is 10. The Morgan fingerprint density at radius 1 is 1.27 bits per heavy atom. The van der Waals surface area contributed by atoms with Crippen LogP contribution in [0.1, 0.15) is 49.4 Å². The van der Waals surface area contributed by atoms with Crippen molar-refractivity contribution in [3.05, 3.63) is 51.5 Å². The van der Waals surface area contributed by atoms with Gasteiger partial charge in [-0.1, -0.05) is 16.6 Å². The van der Waals surface area contributed by atoms with E-state index in [4.69, 9.17) is 0 Å². The molecule has 158 valence electrons. The van der Waals surface area contributed by atoms with Crippen LogP contribution in [0.15, 0.2) is 24.5 Å². The van der Waals surface area contributed by atoms with Crippen LogP contribution in [0.2, 0.25) is 0 Å². The summed E-state index contributed by atoms with van der Waals surface area (Å²) < 4.78 is 15.6. The van der Waals surface area contributed by atoms with E-state index in [-0.39, 0.29) is 30.3 Å². The van der Waals surface area contributed by atoms with Crippen LogP contribution in [-0.4, -0.2) is 55.1 Å². The van der Waals surface area contributed by atoms with Gasteiger partial charge in [-0.3, -0.25) is 14.6 Å². The van der Waals surface area contributed by atoms with Gasteiger partial charge in [-0.2, -0.15) is 0 Å². The molecule has 3 heterocycles. The van der Waals surface area contributed by atoms with Crippen LogP contribution < -0.4 is 5.32 Å². The van der Waals surface area contributed by atoms with E-state index in [0.717, 1.165) is 11.3 Å². The molecule has 3 rings (SSSR count). The number of ketones is 1. The molecule has 3 aromatic rings. The monoisotopic (exact) mass is 431 g/mol. The summed E-state index contributed by atoms with van der Waals surface area (Å²) in [6.45, 7) is 1.96. The van der Waals surface area contributed by atoms with Gasteiger partial charge >= 0.3 is 0 Å². The van der Waals surface area contributed by atoms with Gasteiger partial charge in [0.25, 0.3) is 5.91 Å². The number of halogens is 1. The molecular weight excluding hydrogens is 409 g/mol. The number of hydrogen-bond donors (Lipinski definition) is 1. The highest BCUT2D eigenvalue weighted by Gasteiger charge is 2.16. The second kappa shape index (κ2) is 10.1. The van der Waals surface area contributed by atoms with Crippen molar-refractivity contribution in [3.63, 3.8) is 0 Å². The average molecular weight is 431 g/mol. The Morgan fingerprint density at radius 2 is 2.10 bits per heavy atom. The number of carbonyl (C=O) groups excluding carboxylic acids is 2. The summed E-state index contributed by atoms with van der Waals surface area (Å²) in [5.41, 5.74) is 2.10. The molecule has 0 spiro atoms. The van der Waals surface area contributed by atoms with Crippen molar-refractivity contribution in [1.29, 1.82) is 0 Å². The molecule has 1 N–H and O–H groups in total. The molecule has 0 aliphatic carbocycles. The van der Waals surface area contributed by atoms with Gasteiger partial charge in [-0.25, -0.2) is 9.07 Å². The van der Waals surface area contributed by atoms with E-state index >= 15 is 0 Å². The Kier molecular flexibility index (Phi) is 7.28. The molecule has 0 aromatic carbocycles. The van der Waals surface area contributed by atoms with Crippen LogP contribution >= 0.6 is 11.3 Å². The summed E-state index contributed by atoms with van der Waals surface area (Å²) in [6, 6.07) is 3.86. The number of amides is 1. The van der Waals surface area contributed by atoms with Crippen LogP contribution in [0.25, 0.3) is 0 Å². The third kappa shape index (κ3) is 5.96. The number of aromatic nitrogens is 6. The summed E-state index contributed by atoms with van der Waals surface area (Å²) >= 11 is 1.19. The van der Waals surface area contributed by atoms with Crippen LogP contribution in [0, 0.1) is 6.92 Å². The second-order valence-corrected chi connectivity index (χ2v) is 7.85. The normalized spacial score (nSPS) is 12.0. The lowest BCUT2D eigenvalue weighted by molar-refractivity contribution is 0.0955. The van der Waals surface area contributed by atoms with E-state index in [1.165, 1.54) is 29.3 Å². The van der Waals surface area contributed by atoms with Crippen molar-refractivity contribution >= 4 is 23.0 Å². The molecule has 0 fully saturated rings. The zero-order chi connectivity index (χ0) is 21.5. The molecule has 0 aliphatic heterocycles. The summed E-state index contributed by atoms with van der Waals surface area (Å²) in [7, 11) is 1.49. The highest BCUT2D eigenvalue weighted by molar-refractivity contribution is 7.13. The fourth-order valence-corrected chi connectivity index (χ4v) is 3.57. The second-order valence-electron chi connectivity index (χ2n) is 6.79. The number of nitrogens with one attached hydrogen (secondary N) is 1. The van der Waals surface area contributed by atoms with Crippen molar-refractivity contribution in [1.82, 2.24) is 35.5 Å². The predicted octanol–water partition coefficient (Wildman–Crippen LogP) is 1.98. The van der Waals surface area contributed by atoms with Crippen LogP contribution in [0.4, 0.5) is 4.39 Å². The fourth-order valence-electron chi connectivity index (χ4n) is 2.75. The maximum absolute atomic E-state index is 14.3. The molecule has 9 nitrogen and oxygen atoms in total. The molecule has 1 atom stereocenters. The predicted molar refractivity (Wildman–Crippen MR) is 108 cm³/mol. The van der Waals surface area contributed by atoms with Gasteiger partial charge in [0.05, 0.1) is 12.7 Å². The lowest BCUT2D eigenvalue weighted by Gasteiger charge is -2.05. The molecule has 0 saturated carbocycles.